The third-order valence-corrected chi connectivity index (χ3v) is 3.84. The van der Waals surface area contributed by atoms with E-state index in [1.54, 1.807) is 11.3 Å². The zero-order chi connectivity index (χ0) is 10.8. The Morgan fingerprint density at radius 3 is 2.71 bits per heavy atom. The molecule has 0 aliphatic heterocycles. The van der Waals surface area contributed by atoms with Gasteiger partial charge in [0.2, 0.25) is 0 Å². The van der Waals surface area contributed by atoms with E-state index in [1.807, 2.05) is 0 Å². The summed E-state index contributed by atoms with van der Waals surface area (Å²) in [5.41, 5.74) is 6.88. The standard InChI is InChI=1S/C11H20N2S/c1-5-8(2)10-13-9(6-14-10)11(3,4)7-12/h6,8H,5,7,12H2,1-4H3. The molecule has 1 rings (SSSR count). The minimum absolute atomic E-state index is 0.0161. The van der Waals surface area contributed by atoms with Crippen molar-refractivity contribution in [1.29, 1.82) is 0 Å². The van der Waals surface area contributed by atoms with Crippen LogP contribution in [0, 0.1) is 0 Å². The lowest BCUT2D eigenvalue weighted by Crippen LogP contribution is -2.28. The van der Waals surface area contributed by atoms with Gasteiger partial charge < -0.3 is 5.73 Å². The third-order valence-electron chi connectivity index (χ3n) is 2.76. The molecule has 0 aliphatic rings. The minimum Gasteiger partial charge on any atom is -0.330 e. The van der Waals surface area contributed by atoms with E-state index in [0.29, 0.717) is 12.5 Å². The first-order chi connectivity index (χ1) is 6.51. The van der Waals surface area contributed by atoms with E-state index in [4.69, 9.17) is 5.73 Å². The molecule has 14 heavy (non-hydrogen) atoms. The predicted molar refractivity (Wildman–Crippen MR) is 62.9 cm³/mol. The zero-order valence-corrected chi connectivity index (χ0v) is 10.3. The smallest absolute Gasteiger partial charge is 0.0956 e. The van der Waals surface area contributed by atoms with Crippen LogP contribution in [-0.2, 0) is 5.41 Å². The average molecular weight is 212 g/mol. The van der Waals surface area contributed by atoms with Crippen molar-refractivity contribution >= 4 is 11.3 Å². The van der Waals surface area contributed by atoms with Gasteiger partial charge in [0.1, 0.15) is 0 Å². The lowest BCUT2D eigenvalue weighted by molar-refractivity contribution is 0.521. The van der Waals surface area contributed by atoms with Crippen molar-refractivity contribution in [2.24, 2.45) is 5.73 Å². The van der Waals surface area contributed by atoms with Gasteiger partial charge in [0.15, 0.2) is 0 Å². The Morgan fingerprint density at radius 1 is 1.57 bits per heavy atom. The Labute approximate surface area is 90.6 Å². The number of rotatable bonds is 4. The Bertz CT molecular complexity index is 291. The van der Waals surface area contributed by atoms with Crippen molar-refractivity contribution in [2.75, 3.05) is 6.54 Å². The van der Waals surface area contributed by atoms with Crippen molar-refractivity contribution in [3.8, 4) is 0 Å². The summed E-state index contributed by atoms with van der Waals surface area (Å²) in [5.74, 6) is 0.572. The quantitative estimate of drug-likeness (QED) is 0.833. The summed E-state index contributed by atoms with van der Waals surface area (Å²) in [6.07, 6.45) is 1.15. The maximum absolute atomic E-state index is 5.72. The maximum Gasteiger partial charge on any atom is 0.0956 e. The molecular formula is C11H20N2S. The van der Waals surface area contributed by atoms with Crippen molar-refractivity contribution < 1.29 is 0 Å². The van der Waals surface area contributed by atoms with E-state index in [0.717, 1.165) is 12.1 Å². The van der Waals surface area contributed by atoms with Crippen LogP contribution in [-0.4, -0.2) is 11.5 Å². The first-order valence-electron chi connectivity index (χ1n) is 5.17. The van der Waals surface area contributed by atoms with E-state index in [2.05, 4.69) is 38.1 Å². The molecule has 3 heteroatoms. The van der Waals surface area contributed by atoms with Gasteiger partial charge >= 0.3 is 0 Å². The molecule has 0 spiro atoms. The van der Waals surface area contributed by atoms with Crippen molar-refractivity contribution in [1.82, 2.24) is 4.98 Å². The third kappa shape index (κ3) is 2.34. The molecule has 2 nitrogen and oxygen atoms in total. The molecule has 0 amide bonds. The SMILES string of the molecule is CCC(C)c1nc(C(C)(C)CN)cs1. The van der Waals surface area contributed by atoms with E-state index in [-0.39, 0.29) is 5.41 Å². The molecule has 1 unspecified atom stereocenters. The molecule has 0 saturated heterocycles. The van der Waals surface area contributed by atoms with Crippen LogP contribution < -0.4 is 5.73 Å². The molecule has 0 aliphatic carbocycles. The fourth-order valence-corrected chi connectivity index (χ4v) is 2.26. The minimum atomic E-state index is 0.0161. The first kappa shape index (κ1) is 11.7. The van der Waals surface area contributed by atoms with E-state index in [1.165, 1.54) is 5.01 Å². The fourth-order valence-electron chi connectivity index (χ4n) is 1.10. The Morgan fingerprint density at radius 2 is 2.21 bits per heavy atom. The lowest BCUT2D eigenvalue weighted by Gasteiger charge is -2.19. The van der Waals surface area contributed by atoms with Gasteiger partial charge in [-0.25, -0.2) is 4.98 Å². The molecule has 0 fully saturated rings. The van der Waals surface area contributed by atoms with Crippen LogP contribution in [0.1, 0.15) is 50.7 Å². The molecule has 0 radical (unpaired) electrons. The summed E-state index contributed by atoms with van der Waals surface area (Å²) in [6, 6.07) is 0. The summed E-state index contributed by atoms with van der Waals surface area (Å²) < 4.78 is 0. The molecule has 1 atom stereocenters. The van der Waals surface area contributed by atoms with Gasteiger partial charge in [0, 0.05) is 23.3 Å². The summed E-state index contributed by atoms with van der Waals surface area (Å²) in [6.45, 7) is 9.35. The van der Waals surface area contributed by atoms with E-state index in [9.17, 15) is 0 Å². The second kappa shape index (κ2) is 4.41. The first-order valence-corrected chi connectivity index (χ1v) is 6.05. The van der Waals surface area contributed by atoms with Crippen LogP contribution in [0.4, 0.5) is 0 Å². The predicted octanol–water partition coefficient (Wildman–Crippen LogP) is 2.89. The van der Waals surface area contributed by atoms with Crippen LogP contribution in [0.25, 0.3) is 0 Å². The van der Waals surface area contributed by atoms with Gasteiger partial charge in [-0.2, -0.15) is 0 Å². The number of hydrogen-bond acceptors (Lipinski definition) is 3. The number of thiazole rings is 1. The molecule has 2 N–H and O–H groups in total. The Hall–Kier alpha value is -0.410. The van der Waals surface area contributed by atoms with Crippen molar-refractivity contribution in [3.63, 3.8) is 0 Å². The summed E-state index contributed by atoms with van der Waals surface area (Å²) in [4.78, 5) is 4.66. The van der Waals surface area contributed by atoms with Crippen LogP contribution in [0.3, 0.4) is 0 Å². The highest BCUT2D eigenvalue weighted by molar-refractivity contribution is 7.09. The van der Waals surface area contributed by atoms with Gasteiger partial charge in [-0.3, -0.25) is 0 Å². The van der Waals surface area contributed by atoms with E-state index >= 15 is 0 Å². The Balaban J connectivity index is 2.88. The van der Waals surface area contributed by atoms with Crippen molar-refractivity contribution in [3.05, 3.63) is 16.1 Å². The molecule has 0 bridgehead atoms. The maximum atomic E-state index is 5.72. The molecule has 0 saturated carbocycles. The molecule has 80 valence electrons. The van der Waals surface area contributed by atoms with E-state index < -0.39 is 0 Å². The monoisotopic (exact) mass is 212 g/mol. The topological polar surface area (TPSA) is 38.9 Å². The van der Waals surface area contributed by atoms with Crippen LogP contribution in [0.5, 0.6) is 0 Å². The van der Waals surface area contributed by atoms with Crippen LogP contribution >= 0.6 is 11.3 Å². The molecule has 1 aromatic rings. The highest BCUT2D eigenvalue weighted by Gasteiger charge is 2.22. The lowest BCUT2D eigenvalue weighted by atomic mass is 9.90. The average Bonchev–Trinajstić information content (AvgIpc) is 2.66. The van der Waals surface area contributed by atoms with Gasteiger partial charge in [0.05, 0.1) is 10.7 Å². The summed E-state index contributed by atoms with van der Waals surface area (Å²) in [7, 11) is 0. The summed E-state index contributed by atoms with van der Waals surface area (Å²) in [5, 5.41) is 3.39. The second-order valence-corrected chi connectivity index (χ2v) is 5.36. The highest BCUT2D eigenvalue weighted by atomic mass is 32.1. The van der Waals surface area contributed by atoms with Crippen LogP contribution in [0.15, 0.2) is 5.38 Å². The molecular weight excluding hydrogens is 192 g/mol. The van der Waals surface area contributed by atoms with Gasteiger partial charge in [0.25, 0.3) is 0 Å². The van der Waals surface area contributed by atoms with Gasteiger partial charge in [-0.05, 0) is 6.42 Å². The van der Waals surface area contributed by atoms with Gasteiger partial charge in [-0.1, -0.05) is 27.7 Å². The van der Waals surface area contributed by atoms with Crippen molar-refractivity contribution in [2.45, 2.75) is 45.4 Å². The van der Waals surface area contributed by atoms with Gasteiger partial charge in [-0.15, -0.1) is 11.3 Å². The molecule has 0 aromatic carbocycles. The number of nitrogens with two attached hydrogens (primary N) is 1. The summed E-state index contributed by atoms with van der Waals surface area (Å²) >= 11 is 1.76. The fraction of sp³-hybridized carbons (Fsp3) is 0.727. The molecule has 1 heterocycles. The Kier molecular flexibility index (Phi) is 3.67. The van der Waals surface area contributed by atoms with Crippen LogP contribution in [0.2, 0.25) is 0 Å². The largest absolute Gasteiger partial charge is 0.330 e. The highest BCUT2D eigenvalue weighted by Crippen LogP contribution is 2.28. The number of nitrogens with zero attached hydrogens (tertiary/aromatic N) is 1. The number of aromatic nitrogens is 1. The zero-order valence-electron chi connectivity index (χ0n) is 9.50. The molecule has 1 aromatic heterocycles. The number of hydrogen-bond donors (Lipinski definition) is 1. The normalized spacial score (nSPS) is 14.4. The second-order valence-electron chi connectivity index (χ2n) is 4.47.